The van der Waals surface area contributed by atoms with Crippen LogP contribution in [0.15, 0.2) is 36.4 Å². The molecular weight excluding hydrogens is 412 g/mol. The number of carbonyl (C=O) groups is 2. The summed E-state index contributed by atoms with van der Waals surface area (Å²) in [7, 11) is 2.69. The molecule has 1 aromatic heterocycles. The van der Waals surface area contributed by atoms with Crippen LogP contribution in [0.5, 0.6) is 11.5 Å². The van der Waals surface area contributed by atoms with E-state index in [0.29, 0.717) is 5.39 Å². The number of anilines is 1. The predicted molar refractivity (Wildman–Crippen MR) is 112 cm³/mol. The molecule has 2 aromatic carbocycles. The molecule has 10 heteroatoms. The lowest BCUT2D eigenvalue weighted by atomic mass is 10.1. The van der Waals surface area contributed by atoms with E-state index in [1.54, 1.807) is 31.2 Å². The average molecular weight is 430 g/mol. The largest absolute Gasteiger partial charge is 0.493 e. The number of ether oxygens (including phenoxy) is 3. The summed E-state index contributed by atoms with van der Waals surface area (Å²) in [6.07, 6.45) is 0. The second-order valence-corrected chi connectivity index (χ2v) is 7.01. The van der Waals surface area contributed by atoms with Gasteiger partial charge in [-0.25, -0.2) is 4.79 Å². The van der Waals surface area contributed by atoms with Crippen molar-refractivity contribution in [3.05, 3.63) is 57.6 Å². The Bertz CT molecular complexity index is 1140. The van der Waals surface area contributed by atoms with Crippen LogP contribution in [0.3, 0.4) is 0 Å². The minimum atomic E-state index is -0.764. The van der Waals surface area contributed by atoms with E-state index in [1.807, 2.05) is 0 Å². The van der Waals surface area contributed by atoms with Crippen molar-refractivity contribution in [2.75, 3.05) is 26.1 Å². The summed E-state index contributed by atoms with van der Waals surface area (Å²) in [5.41, 5.74) is -0.484. The van der Waals surface area contributed by atoms with Gasteiger partial charge >= 0.3 is 5.97 Å². The Morgan fingerprint density at radius 3 is 2.43 bits per heavy atom. The third-order valence-corrected chi connectivity index (χ3v) is 5.33. The van der Waals surface area contributed by atoms with Crippen molar-refractivity contribution in [2.24, 2.45) is 0 Å². The molecule has 30 heavy (non-hydrogen) atoms. The van der Waals surface area contributed by atoms with Gasteiger partial charge < -0.3 is 19.5 Å². The van der Waals surface area contributed by atoms with Crippen LogP contribution in [0.25, 0.3) is 10.1 Å². The summed E-state index contributed by atoms with van der Waals surface area (Å²) in [6.45, 7) is 1.84. The first-order valence-electron chi connectivity index (χ1n) is 8.81. The number of hydrogen-bond donors (Lipinski definition) is 1. The standard InChI is InChI=1S/C20H18N2O7S/c1-4-29-20(24)17-11-7-5-6-8-16(11)30-19(17)21-18(23)12-9-14(27-2)15(28-3)10-13(12)22(25)26/h5-10H,4H2,1-3H3,(H,21,23). The van der Waals surface area contributed by atoms with Gasteiger partial charge in [-0.05, 0) is 13.0 Å². The van der Waals surface area contributed by atoms with E-state index in [2.05, 4.69) is 5.32 Å². The molecule has 0 atom stereocenters. The van der Waals surface area contributed by atoms with Crippen LogP contribution in [-0.4, -0.2) is 37.6 Å². The molecule has 0 aliphatic heterocycles. The number of benzene rings is 2. The molecule has 0 saturated carbocycles. The lowest BCUT2D eigenvalue weighted by molar-refractivity contribution is -0.385. The number of methoxy groups -OCH3 is 2. The lowest BCUT2D eigenvalue weighted by Gasteiger charge is -2.11. The molecule has 0 aliphatic carbocycles. The predicted octanol–water partition coefficient (Wildman–Crippen LogP) is 4.26. The molecule has 156 valence electrons. The zero-order valence-electron chi connectivity index (χ0n) is 16.4. The van der Waals surface area contributed by atoms with Gasteiger partial charge in [-0.1, -0.05) is 18.2 Å². The number of esters is 1. The number of nitrogens with zero attached hydrogens (tertiary/aromatic N) is 1. The fourth-order valence-electron chi connectivity index (χ4n) is 2.91. The topological polar surface area (TPSA) is 117 Å². The van der Waals surface area contributed by atoms with Crippen molar-refractivity contribution in [2.45, 2.75) is 6.92 Å². The van der Waals surface area contributed by atoms with E-state index in [9.17, 15) is 19.7 Å². The summed E-state index contributed by atoms with van der Waals surface area (Å²) < 4.78 is 16.1. The highest BCUT2D eigenvalue weighted by Crippen LogP contribution is 2.38. The molecule has 0 unspecified atom stereocenters. The van der Waals surface area contributed by atoms with Crippen LogP contribution >= 0.6 is 11.3 Å². The highest BCUT2D eigenvalue weighted by molar-refractivity contribution is 7.23. The number of fused-ring (bicyclic) bond motifs is 1. The maximum Gasteiger partial charge on any atom is 0.341 e. The smallest absolute Gasteiger partial charge is 0.341 e. The highest BCUT2D eigenvalue weighted by Gasteiger charge is 2.27. The molecule has 1 amide bonds. The van der Waals surface area contributed by atoms with Gasteiger partial charge in [-0.3, -0.25) is 14.9 Å². The van der Waals surface area contributed by atoms with E-state index in [-0.39, 0.29) is 34.2 Å². The van der Waals surface area contributed by atoms with Crippen LogP contribution in [0.2, 0.25) is 0 Å². The number of nitrogens with one attached hydrogen (secondary N) is 1. The number of carbonyl (C=O) groups excluding carboxylic acids is 2. The third kappa shape index (κ3) is 3.90. The fraction of sp³-hybridized carbons (Fsp3) is 0.200. The van der Waals surface area contributed by atoms with Gasteiger partial charge in [-0.2, -0.15) is 0 Å². The van der Waals surface area contributed by atoms with Crippen molar-refractivity contribution in [1.29, 1.82) is 0 Å². The zero-order valence-corrected chi connectivity index (χ0v) is 17.2. The average Bonchev–Trinajstić information content (AvgIpc) is 3.10. The SMILES string of the molecule is CCOC(=O)c1c(NC(=O)c2cc(OC)c(OC)cc2[N+](=O)[O-])sc2ccccc12. The van der Waals surface area contributed by atoms with Crippen LogP contribution in [0.4, 0.5) is 10.7 Å². The second-order valence-electron chi connectivity index (χ2n) is 5.96. The van der Waals surface area contributed by atoms with Crippen LogP contribution in [0.1, 0.15) is 27.6 Å². The van der Waals surface area contributed by atoms with Crippen LogP contribution < -0.4 is 14.8 Å². The summed E-state index contributed by atoms with van der Waals surface area (Å²) >= 11 is 1.17. The Hall–Kier alpha value is -3.66. The van der Waals surface area contributed by atoms with E-state index in [1.165, 1.54) is 31.6 Å². The Balaban J connectivity index is 2.08. The maximum absolute atomic E-state index is 13.0. The molecule has 0 radical (unpaired) electrons. The summed E-state index contributed by atoms with van der Waals surface area (Å²) in [4.78, 5) is 36.3. The molecule has 9 nitrogen and oxygen atoms in total. The molecule has 3 aromatic rings. The van der Waals surface area contributed by atoms with Crippen molar-refractivity contribution < 1.29 is 28.7 Å². The monoisotopic (exact) mass is 430 g/mol. The molecule has 1 N–H and O–H groups in total. The maximum atomic E-state index is 13.0. The summed E-state index contributed by atoms with van der Waals surface area (Å²) in [5, 5.41) is 15.0. The first kappa shape index (κ1) is 21.1. The first-order valence-corrected chi connectivity index (χ1v) is 9.63. The van der Waals surface area contributed by atoms with Gasteiger partial charge in [-0.15, -0.1) is 11.3 Å². The molecular formula is C20H18N2O7S. The van der Waals surface area contributed by atoms with Gasteiger partial charge in [0.05, 0.1) is 31.8 Å². The number of thiophene rings is 1. The minimum absolute atomic E-state index is 0.120. The third-order valence-electron chi connectivity index (χ3n) is 4.25. The molecule has 3 rings (SSSR count). The Morgan fingerprint density at radius 1 is 1.13 bits per heavy atom. The van der Waals surface area contributed by atoms with E-state index in [4.69, 9.17) is 14.2 Å². The molecule has 0 aliphatic rings. The number of hydrogen-bond acceptors (Lipinski definition) is 8. The normalized spacial score (nSPS) is 10.5. The first-order chi connectivity index (χ1) is 14.4. The van der Waals surface area contributed by atoms with E-state index in [0.717, 1.165) is 10.8 Å². The van der Waals surface area contributed by atoms with Gasteiger partial charge in [0.1, 0.15) is 16.1 Å². The van der Waals surface area contributed by atoms with Crippen molar-refractivity contribution >= 4 is 44.0 Å². The second kappa shape index (κ2) is 8.78. The number of nitro benzene ring substituents is 1. The molecule has 0 bridgehead atoms. The minimum Gasteiger partial charge on any atom is -0.493 e. The van der Waals surface area contributed by atoms with E-state index < -0.39 is 22.5 Å². The number of rotatable bonds is 7. The van der Waals surface area contributed by atoms with Gasteiger partial charge in [0, 0.05) is 16.2 Å². The Morgan fingerprint density at radius 2 is 1.80 bits per heavy atom. The fourth-order valence-corrected chi connectivity index (χ4v) is 4.00. The van der Waals surface area contributed by atoms with E-state index >= 15 is 0 Å². The Kier molecular flexibility index (Phi) is 6.17. The van der Waals surface area contributed by atoms with Crippen LogP contribution in [-0.2, 0) is 4.74 Å². The number of nitro groups is 1. The zero-order chi connectivity index (χ0) is 21.8. The van der Waals surface area contributed by atoms with Crippen molar-refractivity contribution in [3.63, 3.8) is 0 Å². The molecule has 0 fully saturated rings. The molecule has 0 saturated heterocycles. The van der Waals surface area contributed by atoms with Gasteiger partial charge in [0.15, 0.2) is 11.5 Å². The molecule has 1 heterocycles. The van der Waals surface area contributed by atoms with Gasteiger partial charge in [0.25, 0.3) is 11.6 Å². The summed E-state index contributed by atoms with van der Waals surface area (Å²) in [6, 6.07) is 9.46. The molecule has 0 spiro atoms. The quantitative estimate of drug-likeness (QED) is 0.338. The lowest BCUT2D eigenvalue weighted by Crippen LogP contribution is -2.16. The number of amides is 1. The van der Waals surface area contributed by atoms with Crippen LogP contribution in [0, 0.1) is 10.1 Å². The summed E-state index contributed by atoms with van der Waals surface area (Å²) in [5.74, 6) is -1.07. The Labute approximate surface area is 175 Å². The van der Waals surface area contributed by atoms with Crippen molar-refractivity contribution in [3.8, 4) is 11.5 Å². The highest BCUT2D eigenvalue weighted by atomic mass is 32.1. The van der Waals surface area contributed by atoms with Gasteiger partial charge in [0.2, 0.25) is 0 Å². The van der Waals surface area contributed by atoms with Crippen molar-refractivity contribution in [1.82, 2.24) is 0 Å².